The summed E-state index contributed by atoms with van der Waals surface area (Å²) in [5, 5.41) is 0.497. The van der Waals surface area contributed by atoms with E-state index in [0.29, 0.717) is 23.1 Å². The van der Waals surface area contributed by atoms with Gasteiger partial charge in [-0.3, -0.25) is 0 Å². The zero-order valence-corrected chi connectivity index (χ0v) is 18.5. The van der Waals surface area contributed by atoms with Gasteiger partial charge in [0.1, 0.15) is 12.4 Å². The van der Waals surface area contributed by atoms with Crippen LogP contribution in [-0.2, 0) is 11.3 Å². The van der Waals surface area contributed by atoms with Crippen LogP contribution >= 0.6 is 11.6 Å². The van der Waals surface area contributed by atoms with Crippen molar-refractivity contribution in [2.75, 3.05) is 6.61 Å². The van der Waals surface area contributed by atoms with Gasteiger partial charge in [-0.2, -0.15) is 0 Å². The van der Waals surface area contributed by atoms with Crippen molar-refractivity contribution < 1.29 is 18.7 Å². The molecule has 3 aromatic rings. The van der Waals surface area contributed by atoms with E-state index in [2.05, 4.69) is 4.98 Å². The minimum absolute atomic E-state index is 0.199. The summed E-state index contributed by atoms with van der Waals surface area (Å²) >= 11 is 6.27. The summed E-state index contributed by atoms with van der Waals surface area (Å²) in [4.78, 5) is 16.6. The number of hydrogen-bond acceptors (Lipinski definition) is 4. The van der Waals surface area contributed by atoms with Crippen molar-refractivity contribution in [3.63, 3.8) is 0 Å². The summed E-state index contributed by atoms with van der Waals surface area (Å²) in [6.45, 7) is 2.33. The molecule has 164 valence electrons. The van der Waals surface area contributed by atoms with Gasteiger partial charge in [-0.05, 0) is 72.7 Å². The van der Waals surface area contributed by atoms with Crippen LogP contribution in [0.2, 0.25) is 5.02 Å². The molecule has 0 amide bonds. The standard InChI is InChI=1S/C26H23ClFNO3/c1-2-31-26(30)19-11-18(12-21(28)13-19)22-9-6-10-23(22)24-14-20(27)15-29-25(24)32-16-17-7-4-3-5-8-17/h3-5,7-8,11-15H,2,6,9-10,16H2,1H3. The predicted molar refractivity (Wildman–Crippen MR) is 123 cm³/mol. The molecule has 0 radical (unpaired) electrons. The van der Waals surface area contributed by atoms with E-state index in [1.807, 2.05) is 36.4 Å². The highest BCUT2D eigenvalue weighted by atomic mass is 35.5. The van der Waals surface area contributed by atoms with E-state index in [0.717, 1.165) is 41.5 Å². The highest BCUT2D eigenvalue weighted by molar-refractivity contribution is 6.30. The number of allylic oxidation sites excluding steroid dienone is 2. The monoisotopic (exact) mass is 451 g/mol. The Labute approximate surface area is 191 Å². The molecule has 0 atom stereocenters. The van der Waals surface area contributed by atoms with Gasteiger partial charge in [0.05, 0.1) is 17.2 Å². The summed E-state index contributed by atoms with van der Waals surface area (Å²) < 4.78 is 25.5. The van der Waals surface area contributed by atoms with Gasteiger partial charge in [-0.25, -0.2) is 14.2 Å². The van der Waals surface area contributed by atoms with Crippen molar-refractivity contribution in [3.8, 4) is 5.88 Å². The summed E-state index contributed by atoms with van der Waals surface area (Å²) in [6, 6.07) is 16.0. The van der Waals surface area contributed by atoms with Gasteiger partial charge in [0.2, 0.25) is 5.88 Å². The van der Waals surface area contributed by atoms with Crippen LogP contribution in [-0.4, -0.2) is 17.6 Å². The zero-order chi connectivity index (χ0) is 22.5. The largest absolute Gasteiger partial charge is 0.472 e. The minimum Gasteiger partial charge on any atom is -0.472 e. The Kier molecular flexibility index (Phi) is 6.86. The number of aromatic nitrogens is 1. The van der Waals surface area contributed by atoms with Crippen LogP contribution in [0.5, 0.6) is 5.88 Å². The fourth-order valence-electron chi connectivity index (χ4n) is 3.94. The number of benzene rings is 2. The van der Waals surface area contributed by atoms with Gasteiger partial charge in [-0.15, -0.1) is 0 Å². The molecule has 0 fully saturated rings. The Bertz CT molecular complexity index is 1160. The van der Waals surface area contributed by atoms with E-state index in [-0.39, 0.29) is 12.2 Å². The first-order valence-corrected chi connectivity index (χ1v) is 11.0. The maximum absolute atomic E-state index is 14.4. The normalized spacial score (nSPS) is 13.3. The Morgan fingerprint density at radius 3 is 2.66 bits per heavy atom. The van der Waals surface area contributed by atoms with Crippen molar-refractivity contribution >= 4 is 28.7 Å². The zero-order valence-electron chi connectivity index (χ0n) is 17.7. The quantitative estimate of drug-likeness (QED) is 0.374. The SMILES string of the molecule is CCOC(=O)c1cc(F)cc(C2=C(c3cc(Cl)cnc3OCc3ccccc3)CCC2)c1. The molecule has 0 saturated carbocycles. The molecule has 6 heteroatoms. The number of halogens is 2. The van der Waals surface area contributed by atoms with Crippen molar-refractivity contribution in [3.05, 3.63) is 93.9 Å². The Hall–Kier alpha value is -3.18. The molecule has 0 saturated heterocycles. The first-order valence-electron chi connectivity index (χ1n) is 10.6. The highest BCUT2D eigenvalue weighted by Crippen LogP contribution is 2.43. The molecule has 4 rings (SSSR count). The second-order valence-corrected chi connectivity index (χ2v) is 7.98. The fourth-order valence-corrected chi connectivity index (χ4v) is 4.10. The molecule has 0 aliphatic heterocycles. The molecular formula is C26H23ClFNO3. The van der Waals surface area contributed by atoms with Crippen LogP contribution in [0.1, 0.15) is 53.2 Å². The molecule has 1 aliphatic carbocycles. The van der Waals surface area contributed by atoms with E-state index < -0.39 is 11.8 Å². The lowest BCUT2D eigenvalue weighted by molar-refractivity contribution is 0.0525. The predicted octanol–water partition coefficient (Wildman–Crippen LogP) is 6.72. The van der Waals surface area contributed by atoms with Gasteiger partial charge in [0.15, 0.2) is 0 Å². The molecule has 1 aliphatic rings. The molecule has 0 unspecified atom stereocenters. The summed E-state index contributed by atoms with van der Waals surface area (Å²) in [6.07, 6.45) is 4.00. The molecule has 1 heterocycles. The molecule has 0 N–H and O–H groups in total. The van der Waals surface area contributed by atoms with Gasteiger partial charge in [-0.1, -0.05) is 41.9 Å². The molecule has 2 aromatic carbocycles. The summed E-state index contributed by atoms with van der Waals surface area (Å²) in [5.74, 6) is -0.534. The number of carbonyl (C=O) groups excluding carboxylic acids is 1. The van der Waals surface area contributed by atoms with E-state index in [4.69, 9.17) is 21.1 Å². The smallest absolute Gasteiger partial charge is 0.338 e. The maximum atomic E-state index is 14.4. The number of rotatable bonds is 7. The molecule has 32 heavy (non-hydrogen) atoms. The molecule has 0 spiro atoms. The first-order chi connectivity index (χ1) is 15.5. The third kappa shape index (κ3) is 5.00. The van der Waals surface area contributed by atoms with Crippen molar-refractivity contribution in [1.29, 1.82) is 0 Å². The average Bonchev–Trinajstić information content (AvgIpc) is 3.28. The number of pyridine rings is 1. The second-order valence-electron chi connectivity index (χ2n) is 7.54. The Balaban J connectivity index is 1.73. The van der Waals surface area contributed by atoms with Gasteiger partial charge >= 0.3 is 5.97 Å². The molecule has 0 bridgehead atoms. The molecule has 4 nitrogen and oxygen atoms in total. The lowest BCUT2D eigenvalue weighted by Gasteiger charge is -2.14. The second kappa shape index (κ2) is 9.96. The van der Waals surface area contributed by atoms with E-state index in [9.17, 15) is 9.18 Å². The number of ether oxygens (including phenoxy) is 2. The Morgan fingerprint density at radius 2 is 1.88 bits per heavy atom. The third-order valence-corrected chi connectivity index (χ3v) is 5.54. The number of nitrogens with zero attached hydrogens (tertiary/aromatic N) is 1. The van der Waals surface area contributed by atoms with E-state index in [1.54, 1.807) is 19.2 Å². The number of hydrogen-bond donors (Lipinski definition) is 0. The van der Waals surface area contributed by atoms with E-state index in [1.165, 1.54) is 12.1 Å². The first kappa shape index (κ1) is 22.0. The van der Waals surface area contributed by atoms with Crippen molar-refractivity contribution in [1.82, 2.24) is 4.98 Å². The van der Waals surface area contributed by atoms with E-state index >= 15 is 0 Å². The van der Waals surface area contributed by atoms with Crippen LogP contribution in [0.25, 0.3) is 11.1 Å². The lowest BCUT2D eigenvalue weighted by atomic mass is 9.96. The highest BCUT2D eigenvalue weighted by Gasteiger charge is 2.23. The van der Waals surface area contributed by atoms with Crippen molar-refractivity contribution in [2.24, 2.45) is 0 Å². The van der Waals surface area contributed by atoms with Crippen LogP contribution in [0.4, 0.5) is 4.39 Å². The minimum atomic E-state index is -0.537. The summed E-state index contributed by atoms with van der Waals surface area (Å²) in [7, 11) is 0. The van der Waals surface area contributed by atoms with Crippen LogP contribution in [0, 0.1) is 5.82 Å². The summed E-state index contributed by atoms with van der Waals surface area (Å²) in [5.41, 5.74) is 4.65. The van der Waals surface area contributed by atoms with Crippen LogP contribution in [0.3, 0.4) is 0 Å². The molecular weight excluding hydrogens is 429 g/mol. The van der Waals surface area contributed by atoms with Gasteiger partial charge in [0, 0.05) is 11.8 Å². The number of esters is 1. The topological polar surface area (TPSA) is 48.4 Å². The maximum Gasteiger partial charge on any atom is 0.338 e. The number of carbonyl (C=O) groups is 1. The van der Waals surface area contributed by atoms with Gasteiger partial charge in [0.25, 0.3) is 0 Å². The fraction of sp³-hybridized carbons (Fsp3) is 0.231. The third-order valence-electron chi connectivity index (χ3n) is 5.34. The molecule has 1 aromatic heterocycles. The van der Waals surface area contributed by atoms with Crippen molar-refractivity contribution in [2.45, 2.75) is 32.8 Å². The Morgan fingerprint density at radius 1 is 1.09 bits per heavy atom. The van der Waals surface area contributed by atoms with Crippen LogP contribution in [0.15, 0.2) is 60.8 Å². The average molecular weight is 452 g/mol. The van der Waals surface area contributed by atoms with Crippen LogP contribution < -0.4 is 4.74 Å². The lowest BCUT2D eigenvalue weighted by Crippen LogP contribution is -2.06. The van der Waals surface area contributed by atoms with Gasteiger partial charge < -0.3 is 9.47 Å².